The smallest absolute Gasteiger partial charge is 0.325 e. The minimum atomic E-state index is -0.954. The summed E-state index contributed by atoms with van der Waals surface area (Å²) in [7, 11) is 0. The maximum atomic E-state index is 10.2. The van der Waals surface area contributed by atoms with Gasteiger partial charge in [-0.1, -0.05) is 0 Å². The van der Waals surface area contributed by atoms with E-state index in [4.69, 9.17) is 15.3 Å². The van der Waals surface area contributed by atoms with Crippen LogP contribution in [0.2, 0.25) is 0 Å². The number of H-pyrrole nitrogens is 2. The quantitative estimate of drug-likeness (QED) is 0.361. The van der Waals surface area contributed by atoms with Gasteiger partial charge in [-0.2, -0.15) is 0 Å². The molecule has 0 saturated carbocycles. The van der Waals surface area contributed by atoms with Gasteiger partial charge in [-0.25, -0.2) is 4.79 Å². The summed E-state index contributed by atoms with van der Waals surface area (Å²) in [5.74, 6) is 0. The first-order valence-corrected chi connectivity index (χ1v) is 3.78. The zero-order chi connectivity index (χ0) is 11.0. The van der Waals surface area contributed by atoms with Crippen LogP contribution in [0, 0.1) is 0 Å². The first kappa shape index (κ1) is 12.6. The summed E-state index contributed by atoms with van der Waals surface area (Å²) >= 11 is 0. The van der Waals surface area contributed by atoms with Gasteiger partial charge >= 0.3 is 5.69 Å². The van der Waals surface area contributed by atoms with E-state index in [1.807, 2.05) is 4.98 Å². The van der Waals surface area contributed by atoms with Crippen molar-refractivity contribution in [2.45, 2.75) is 6.10 Å². The molecule has 1 rings (SSSR count). The first-order valence-electron chi connectivity index (χ1n) is 3.78. The van der Waals surface area contributed by atoms with Crippen LogP contribution >= 0.6 is 0 Å². The Balaban J connectivity index is 0.000000255. The van der Waals surface area contributed by atoms with E-state index in [2.05, 4.69) is 4.98 Å². The Morgan fingerprint density at radius 1 is 1.29 bits per heavy atom. The summed E-state index contributed by atoms with van der Waals surface area (Å²) in [5.41, 5.74) is -0.855. The van der Waals surface area contributed by atoms with E-state index in [1.165, 1.54) is 12.3 Å². The molecule has 7 nitrogen and oxygen atoms in total. The summed E-state index contributed by atoms with van der Waals surface area (Å²) in [4.78, 5) is 24.7. The number of hydrogen-bond donors (Lipinski definition) is 5. The first-order chi connectivity index (χ1) is 6.60. The fourth-order valence-electron chi connectivity index (χ4n) is 0.440. The lowest BCUT2D eigenvalue weighted by Crippen LogP contribution is -2.19. The van der Waals surface area contributed by atoms with Crippen LogP contribution in [0.4, 0.5) is 0 Å². The van der Waals surface area contributed by atoms with Gasteiger partial charge in [-0.05, 0) is 0 Å². The van der Waals surface area contributed by atoms with Gasteiger partial charge in [0.05, 0.1) is 13.2 Å². The molecule has 0 amide bonds. The normalized spacial score (nSPS) is 9.43. The van der Waals surface area contributed by atoms with Crippen molar-refractivity contribution in [1.82, 2.24) is 9.97 Å². The second kappa shape index (κ2) is 7.01. The van der Waals surface area contributed by atoms with Gasteiger partial charge in [0.15, 0.2) is 0 Å². The van der Waals surface area contributed by atoms with Crippen molar-refractivity contribution in [3.8, 4) is 0 Å². The maximum absolute atomic E-state index is 10.2. The molecule has 7 heteroatoms. The molecule has 0 aromatic carbocycles. The van der Waals surface area contributed by atoms with Crippen molar-refractivity contribution >= 4 is 0 Å². The van der Waals surface area contributed by atoms with Crippen LogP contribution in [0.15, 0.2) is 21.9 Å². The molecular formula is C7H12N2O5. The number of nitrogens with one attached hydrogen (secondary N) is 2. The van der Waals surface area contributed by atoms with Gasteiger partial charge in [0, 0.05) is 12.3 Å². The minimum absolute atomic E-state index is 0.365. The number of aromatic amines is 2. The highest BCUT2D eigenvalue weighted by Gasteiger charge is 1.93. The monoisotopic (exact) mass is 204 g/mol. The third-order valence-corrected chi connectivity index (χ3v) is 1.11. The van der Waals surface area contributed by atoms with Gasteiger partial charge in [0.25, 0.3) is 5.56 Å². The molecule has 0 spiro atoms. The van der Waals surface area contributed by atoms with E-state index in [1.54, 1.807) is 0 Å². The molecule has 0 radical (unpaired) electrons. The molecule has 0 atom stereocenters. The number of hydrogen-bond acceptors (Lipinski definition) is 5. The molecule has 0 saturated heterocycles. The van der Waals surface area contributed by atoms with E-state index in [-0.39, 0.29) is 18.8 Å². The Bertz CT molecular complexity index is 315. The SMILES string of the molecule is O=c1cc[nH]c(=O)[nH]1.OCC(O)CO. The number of aromatic nitrogens is 2. The van der Waals surface area contributed by atoms with Crippen molar-refractivity contribution in [2.24, 2.45) is 0 Å². The predicted octanol–water partition coefficient (Wildman–Crippen LogP) is -2.60. The molecule has 0 unspecified atom stereocenters. The molecule has 5 N–H and O–H groups in total. The van der Waals surface area contributed by atoms with Gasteiger partial charge in [-0.15, -0.1) is 0 Å². The lowest BCUT2D eigenvalue weighted by molar-refractivity contribution is 0.0450. The highest BCUT2D eigenvalue weighted by Crippen LogP contribution is 1.71. The average molecular weight is 204 g/mol. The van der Waals surface area contributed by atoms with E-state index in [0.29, 0.717) is 0 Å². The van der Waals surface area contributed by atoms with Gasteiger partial charge in [0.2, 0.25) is 0 Å². The lowest BCUT2D eigenvalue weighted by atomic mass is 10.4. The Morgan fingerprint density at radius 2 is 1.86 bits per heavy atom. The minimum Gasteiger partial charge on any atom is -0.394 e. The fraction of sp³-hybridized carbons (Fsp3) is 0.429. The molecule has 80 valence electrons. The Hall–Kier alpha value is -1.44. The Morgan fingerprint density at radius 3 is 2.07 bits per heavy atom. The van der Waals surface area contributed by atoms with E-state index < -0.39 is 11.8 Å². The second-order valence-corrected chi connectivity index (χ2v) is 2.32. The zero-order valence-corrected chi connectivity index (χ0v) is 7.30. The van der Waals surface area contributed by atoms with Gasteiger partial charge in [0.1, 0.15) is 6.10 Å². The standard InChI is InChI=1S/C4H4N2O2.C3H8O3/c7-3-1-2-5-4(8)6-3;4-1-3(6)2-5/h1-2H,(H2,5,6,7,8);3-6H,1-2H2. The highest BCUT2D eigenvalue weighted by atomic mass is 16.3. The van der Waals surface area contributed by atoms with Gasteiger partial charge < -0.3 is 20.3 Å². The molecule has 0 aliphatic rings. The van der Waals surface area contributed by atoms with Crippen LogP contribution in [0.1, 0.15) is 0 Å². The van der Waals surface area contributed by atoms with E-state index in [9.17, 15) is 9.59 Å². The van der Waals surface area contributed by atoms with Crippen LogP contribution in [0.3, 0.4) is 0 Å². The van der Waals surface area contributed by atoms with Crippen molar-refractivity contribution in [3.05, 3.63) is 33.1 Å². The van der Waals surface area contributed by atoms with E-state index in [0.717, 1.165) is 0 Å². The van der Waals surface area contributed by atoms with Crippen molar-refractivity contribution in [2.75, 3.05) is 13.2 Å². The van der Waals surface area contributed by atoms with Crippen molar-refractivity contribution in [1.29, 1.82) is 0 Å². The zero-order valence-electron chi connectivity index (χ0n) is 7.30. The van der Waals surface area contributed by atoms with Gasteiger partial charge in [-0.3, -0.25) is 9.78 Å². The van der Waals surface area contributed by atoms with Crippen LogP contribution < -0.4 is 11.2 Å². The molecule has 0 bridgehead atoms. The summed E-state index contributed by atoms with van der Waals surface area (Å²) in [5, 5.41) is 24.0. The number of aliphatic hydroxyl groups is 3. The van der Waals surface area contributed by atoms with Crippen LogP contribution in [-0.2, 0) is 0 Å². The molecule has 0 aliphatic carbocycles. The third kappa shape index (κ3) is 6.12. The number of aliphatic hydroxyl groups excluding tert-OH is 3. The largest absolute Gasteiger partial charge is 0.394 e. The van der Waals surface area contributed by atoms with Crippen LogP contribution in [0.5, 0.6) is 0 Å². The molecule has 1 heterocycles. The molecule has 0 fully saturated rings. The predicted molar refractivity (Wildman–Crippen MR) is 47.9 cm³/mol. The number of rotatable bonds is 2. The van der Waals surface area contributed by atoms with Crippen LogP contribution in [-0.4, -0.2) is 44.6 Å². The third-order valence-electron chi connectivity index (χ3n) is 1.11. The van der Waals surface area contributed by atoms with Crippen molar-refractivity contribution in [3.63, 3.8) is 0 Å². The molecule has 1 aromatic heterocycles. The summed E-state index contributed by atoms with van der Waals surface area (Å²) < 4.78 is 0. The molecule has 0 aliphatic heterocycles. The molecular weight excluding hydrogens is 192 g/mol. The summed E-state index contributed by atoms with van der Waals surface area (Å²) in [6.07, 6.45) is 0.339. The van der Waals surface area contributed by atoms with E-state index >= 15 is 0 Å². The average Bonchev–Trinajstić information content (AvgIpc) is 2.17. The maximum Gasteiger partial charge on any atom is 0.325 e. The highest BCUT2D eigenvalue weighted by molar-refractivity contribution is 4.77. The Kier molecular flexibility index (Phi) is 6.29. The lowest BCUT2D eigenvalue weighted by Gasteiger charge is -1.96. The van der Waals surface area contributed by atoms with Crippen LogP contribution in [0.25, 0.3) is 0 Å². The fourth-order valence-corrected chi connectivity index (χ4v) is 0.440. The summed E-state index contributed by atoms with van der Waals surface area (Å²) in [6, 6.07) is 1.24. The second-order valence-electron chi connectivity index (χ2n) is 2.32. The summed E-state index contributed by atoms with van der Waals surface area (Å²) in [6.45, 7) is -0.729. The molecule has 1 aromatic rings. The molecule has 14 heavy (non-hydrogen) atoms. The van der Waals surface area contributed by atoms with Crippen molar-refractivity contribution < 1.29 is 15.3 Å². The topological polar surface area (TPSA) is 126 Å². The Labute approximate surface area is 78.7 Å².